The van der Waals surface area contributed by atoms with E-state index < -0.39 is 5.97 Å². The highest BCUT2D eigenvalue weighted by Gasteiger charge is 1.91. The van der Waals surface area contributed by atoms with Crippen LogP contribution in [0.1, 0.15) is 96.8 Å². The zero-order valence-electron chi connectivity index (χ0n) is 18.9. The molecule has 0 heterocycles. The average Bonchev–Trinajstić information content (AvgIpc) is 2.59. The molecule has 0 atom stereocenters. The van der Waals surface area contributed by atoms with Crippen molar-refractivity contribution in [3.63, 3.8) is 0 Å². The summed E-state index contributed by atoms with van der Waals surface area (Å²) in [7, 11) is 8.00. The molecule has 0 aromatic carbocycles. The largest absolute Gasteiger partial charge is 1.00 e. The summed E-state index contributed by atoms with van der Waals surface area (Å²) in [4.78, 5) is 10.2. The third kappa shape index (κ3) is 51.7. The number of aliphatic carboxylic acids is 1. The average molecular weight is 409 g/mol. The normalized spacial score (nSPS) is 9.67. The van der Waals surface area contributed by atoms with Crippen LogP contribution in [-0.2, 0) is 4.79 Å². The summed E-state index contributed by atoms with van der Waals surface area (Å²) < 4.78 is 0. The Kier molecular flexibility index (Phi) is 45.7. The van der Waals surface area contributed by atoms with Crippen LogP contribution in [0.3, 0.4) is 0 Å². The highest BCUT2D eigenvalue weighted by molar-refractivity contribution is 5.63. The van der Waals surface area contributed by atoms with Crippen LogP contribution in [-0.4, -0.2) is 34.2 Å². The van der Waals surface area contributed by atoms with Crippen LogP contribution in [0.5, 0.6) is 0 Å². The van der Waals surface area contributed by atoms with Gasteiger partial charge in [-0.2, -0.15) is 0 Å². The van der Waals surface area contributed by atoms with Crippen molar-refractivity contribution in [1.29, 1.82) is 0 Å². The van der Waals surface area contributed by atoms with E-state index in [-0.39, 0.29) is 18.8 Å². The quantitative estimate of drug-likeness (QED) is 0.280. The topological polar surface area (TPSA) is 73.3 Å². The fourth-order valence-electron chi connectivity index (χ4n) is 2.34. The number of hydrogen-bond acceptors (Lipinski definition) is 2. The molecule has 4 nitrogen and oxygen atoms in total. The molecule has 0 rings (SSSR count). The van der Waals surface area contributed by atoms with Crippen molar-refractivity contribution >= 4 is 5.97 Å². The molecule has 0 unspecified atom stereocenters. The van der Waals surface area contributed by atoms with Gasteiger partial charge in [0.25, 0.3) is 0 Å². The Bertz CT molecular complexity index is 273. The standard InChI is InChI=1S/C18H34O2.2C2H7N.ClH/c1-2-3-4-5-6-7-8-9-10-11-12-13-14-15-16-17-18(19)20;2*1-3-2;/h9-10H,2-8,11-17H2,1H3,(H,19,20);2*3H,1-2H3;1H/b10-9-;;;. The van der Waals surface area contributed by atoms with Crippen molar-refractivity contribution in [2.75, 3.05) is 28.2 Å². The lowest BCUT2D eigenvalue weighted by atomic mass is 10.1. The zero-order valence-corrected chi connectivity index (χ0v) is 19.7. The number of quaternary nitrogens is 2. The second-order valence-corrected chi connectivity index (χ2v) is 6.86. The summed E-state index contributed by atoms with van der Waals surface area (Å²) in [6, 6.07) is 0. The van der Waals surface area contributed by atoms with Gasteiger partial charge in [-0.3, -0.25) is 0 Å². The van der Waals surface area contributed by atoms with Gasteiger partial charge in [-0.1, -0.05) is 70.4 Å². The van der Waals surface area contributed by atoms with Crippen LogP contribution in [0, 0.1) is 0 Å². The summed E-state index contributed by atoms with van der Waals surface area (Å²) in [5.74, 6) is -0.914. The smallest absolute Gasteiger partial charge is 0.0647 e. The van der Waals surface area contributed by atoms with E-state index in [0.29, 0.717) is 0 Å². The molecular weight excluding hydrogens is 360 g/mol. The van der Waals surface area contributed by atoms with E-state index in [0.717, 1.165) is 19.3 Å². The SMILES string of the molecule is CCCCCCCC/C=C\CCCCCCCC(=O)[O-].C[NH2+]C.C[NH2+]C.[Cl-]. The molecule has 0 aliphatic heterocycles. The third-order valence-electron chi connectivity index (χ3n) is 3.64. The summed E-state index contributed by atoms with van der Waals surface area (Å²) in [6.45, 7) is 2.26. The lowest BCUT2D eigenvalue weighted by molar-refractivity contribution is -0.597. The lowest BCUT2D eigenvalue weighted by Gasteiger charge is -2.01. The molecule has 0 fully saturated rings. The first-order valence-corrected chi connectivity index (χ1v) is 10.9. The molecule has 0 bridgehead atoms. The van der Waals surface area contributed by atoms with Crippen LogP contribution in [0.25, 0.3) is 0 Å². The van der Waals surface area contributed by atoms with E-state index in [9.17, 15) is 9.90 Å². The van der Waals surface area contributed by atoms with E-state index in [1.165, 1.54) is 64.2 Å². The van der Waals surface area contributed by atoms with E-state index in [1.54, 1.807) is 0 Å². The predicted octanol–water partition coefficient (Wildman–Crippen LogP) is -0.603. The Labute approximate surface area is 176 Å². The van der Waals surface area contributed by atoms with E-state index >= 15 is 0 Å². The molecule has 0 radical (unpaired) electrons. The van der Waals surface area contributed by atoms with Crippen molar-refractivity contribution in [3.8, 4) is 0 Å². The van der Waals surface area contributed by atoms with Crippen molar-refractivity contribution in [3.05, 3.63) is 12.2 Å². The van der Waals surface area contributed by atoms with Gasteiger partial charge in [-0.05, 0) is 38.5 Å². The second kappa shape index (κ2) is 36.4. The van der Waals surface area contributed by atoms with Crippen LogP contribution in [0.4, 0.5) is 0 Å². The molecule has 5 heteroatoms. The Morgan fingerprint density at radius 2 is 1.04 bits per heavy atom. The minimum Gasteiger partial charge on any atom is -1.00 e. The number of carboxylic acid groups (broad SMARTS) is 1. The molecule has 0 amide bonds. The van der Waals surface area contributed by atoms with Crippen molar-refractivity contribution in [2.24, 2.45) is 0 Å². The maximum absolute atomic E-state index is 10.2. The maximum Gasteiger partial charge on any atom is 0.0647 e. The van der Waals surface area contributed by atoms with Gasteiger partial charge < -0.3 is 32.9 Å². The van der Waals surface area contributed by atoms with Crippen molar-refractivity contribution in [1.82, 2.24) is 0 Å². The van der Waals surface area contributed by atoms with Crippen LogP contribution >= 0.6 is 0 Å². The molecule has 0 aromatic heterocycles. The molecule has 0 saturated heterocycles. The fourth-order valence-corrected chi connectivity index (χ4v) is 2.34. The zero-order chi connectivity index (χ0) is 20.3. The molecule has 4 N–H and O–H groups in total. The molecule has 0 aliphatic rings. The van der Waals surface area contributed by atoms with Crippen molar-refractivity contribution < 1.29 is 32.9 Å². The van der Waals surface area contributed by atoms with Gasteiger partial charge in [0, 0.05) is 5.97 Å². The minimum absolute atomic E-state index is 0. The maximum atomic E-state index is 10.2. The van der Waals surface area contributed by atoms with E-state index in [1.807, 2.05) is 38.8 Å². The predicted molar refractivity (Wildman–Crippen MR) is 112 cm³/mol. The van der Waals surface area contributed by atoms with Gasteiger partial charge in [-0.25, -0.2) is 0 Å². The summed E-state index contributed by atoms with van der Waals surface area (Å²) in [5.41, 5.74) is 0. The van der Waals surface area contributed by atoms with Crippen LogP contribution in [0.15, 0.2) is 12.2 Å². The minimum atomic E-state index is -0.914. The first kappa shape index (κ1) is 34.0. The number of carboxylic acids is 1. The van der Waals surface area contributed by atoms with Gasteiger partial charge >= 0.3 is 0 Å². The van der Waals surface area contributed by atoms with E-state index in [2.05, 4.69) is 19.1 Å². The molecular formula is C22H49ClN2O2. The molecule has 166 valence electrons. The number of rotatable bonds is 15. The number of carbonyl (C=O) groups is 1. The molecule has 0 spiro atoms. The Morgan fingerprint density at radius 1 is 0.704 bits per heavy atom. The highest BCUT2D eigenvalue weighted by atomic mass is 35.5. The monoisotopic (exact) mass is 408 g/mol. The summed E-state index contributed by atoms with van der Waals surface area (Å²) >= 11 is 0. The summed E-state index contributed by atoms with van der Waals surface area (Å²) in [5, 5.41) is 14.2. The van der Waals surface area contributed by atoms with Crippen molar-refractivity contribution in [2.45, 2.75) is 96.8 Å². The third-order valence-corrected chi connectivity index (χ3v) is 3.64. The first-order chi connectivity index (χ1) is 12.6. The van der Waals surface area contributed by atoms with Gasteiger partial charge in [-0.15, -0.1) is 0 Å². The highest BCUT2D eigenvalue weighted by Crippen LogP contribution is 2.09. The Balaban J connectivity index is -0.000000331. The van der Waals surface area contributed by atoms with Crippen LogP contribution in [0.2, 0.25) is 0 Å². The van der Waals surface area contributed by atoms with Gasteiger partial charge in [0.05, 0.1) is 28.2 Å². The number of halogens is 1. The number of allylic oxidation sites excluding steroid dienone is 2. The van der Waals surface area contributed by atoms with Gasteiger partial charge in [0.1, 0.15) is 0 Å². The lowest BCUT2D eigenvalue weighted by Crippen LogP contribution is -3.00. The molecule has 0 aliphatic carbocycles. The van der Waals surface area contributed by atoms with Gasteiger partial charge in [0.15, 0.2) is 0 Å². The Hall–Kier alpha value is -0.580. The van der Waals surface area contributed by atoms with Crippen LogP contribution < -0.4 is 28.1 Å². The molecule has 27 heavy (non-hydrogen) atoms. The number of hydrogen-bond donors (Lipinski definition) is 2. The summed E-state index contributed by atoms with van der Waals surface area (Å²) in [6.07, 6.45) is 20.9. The number of unbranched alkanes of at least 4 members (excludes halogenated alkanes) is 11. The number of nitrogens with two attached hydrogens (primary N) is 2. The van der Waals surface area contributed by atoms with Gasteiger partial charge in [0.2, 0.25) is 0 Å². The Morgan fingerprint density at radius 3 is 1.41 bits per heavy atom. The van der Waals surface area contributed by atoms with E-state index in [4.69, 9.17) is 0 Å². The fraction of sp³-hybridized carbons (Fsp3) is 0.864. The molecule has 0 saturated carbocycles. The number of carbonyl (C=O) groups excluding carboxylic acids is 1. The second-order valence-electron chi connectivity index (χ2n) is 6.86. The molecule has 0 aromatic rings. The first-order valence-electron chi connectivity index (χ1n) is 10.9.